The molecule has 1 rings (SSSR count). The van der Waals surface area contributed by atoms with Gasteiger partial charge in [0.05, 0.1) is 0 Å². The Bertz CT molecular complexity index is 149. The van der Waals surface area contributed by atoms with Crippen molar-refractivity contribution in [3.63, 3.8) is 0 Å². The molecule has 0 spiro atoms. The van der Waals surface area contributed by atoms with Crippen LogP contribution >= 0.6 is 31.9 Å². The van der Waals surface area contributed by atoms with Crippen LogP contribution in [0, 0.1) is 6.07 Å². The zero-order chi connectivity index (χ0) is 5.98. The van der Waals surface area contributed by atoms with Crippen LogP contribution in [0.15, 0.2) is 21.3 Å². The summed E-state index contributed by atoms with van der Waals surface area (Å²) in [5, 5.41) is 0. The first kappa shape index (κ1) is 6.23. The van der Waals surface area contributed by atoms with Crippen LogP contribution in [-0.2, 0) is 0 Å². The maximum atomic E-state index is 3.89. The van der Waals surface area contributed by atoms with Gasteiger partial charge in [-0.3, -0.25) is 0 Å². The van der Waals surface area contributed by atoms with Crippen LogP contribution in [0.1, 0.15) is 0 Å². The number of hydrogen-bond acceptors (Lipinski definition) is 1. The molecule has 0 saturated heterocycles. The minimum atomic E-state index is 0.737. The second-order valence-corrected chi connectivity index (χ2v) is 2.89. The van der Waals surface area contributed by atoms with Gasteiger partial charge in [-0.2, -0.15) is 0 Å². The Morgan fingerprint density at radius 2 is 2.25 bits per heavy atom. The number of halogens is 2. The molecule has 0 aliphatic carbocycles. The van der Waals surface area contributed by atoms with Gasteiger partial charge in [0.15, 0.2) is 0 Å². The third kappa shape index (κ3) is 1.56. The van der Waals surface area contributed by atoms with Crippen LogP contribution < -0.4 is 0 Å². The van der Waals surface area contributed by atoms with Crippen LogP contribution in [0.5, 0.6) is 0 Å². The van der Waals surface area contributed by atoms with Crippen molar-refractivity contribution in [3.05, 3.63) is 27.4 Å². The summed E-state index contributed by atoms with van der Waals surface area (Å²) in [7, 11) is 0. The van der Waals surface area contributed by atoms with Gasteiger partial charge < -0.3 is 0 Å². The fourth-order valence-electron chi connectivity index (χ4n) is 0.321. The van der Waals surface area contributed by atoms with Crippen molar-refractivity contribution in [1.29, 1.82) is 0 Å². The summed E-state index contributed by atoms with van der Waals surface area (Å²) in [5.74, 6) is 0. The minimum absolute atomic E-state index is 0.737. The summed E-state index contributed by atoms with van der Waals surface area (Å²) in [6.07, 6.45) is 1.71. The van der Waals surface area contributed by atoms with E-state index < -0.39 is 0 Å². The van der Waals surface area contributed by atoms with Gasteiger partial charge in [-0.1, -0.05) is 0 Å². The van der Waals surface area contributed by atoms with Crippen molar-refractivity contribution in [2.24, 2.45) is 0 Å². The zero-order valence-corrected chi connectivity index (χ0v) is 7.03. The molecule has 1 aromatic rings. The Balaban J connectivity index is 3.03. The van der Waals surface area contributed by atoms with Crippen LogP contribution in [-0.4, -0.2) is 4.98 Å². The fourth-order valence-corrected chi connectivity index (χ4v) is 0.755. The minimum Gasteiger partial charge on any atom is -0.248 e. The second kappa shape index (κ2) is 2.60. The van der Waals surface area contributed by atoms with E-state index >= 15 is 0 Å². The maximum absolute atomic E-state index is 3.89. The highest BCUT2D eigenvalue weighted by atomic mass is 79.9. The van der Waals surface area contributed by atoms with E-state index in [0.717, 1.165) is 9.08 Å². The molecule has 0 aliphatic heterocycles. The van der Waals surface area contributed by atoms with Crippen LogP contribution in [0.4, 0.5) is 0 Å². The third-order valence-electron chi connectivity index (χ3n) is 0.630. The lowest BCUT2D eigenvalue weighted by Crippen LogP contribution is -1.71. The molecule has 3 heteroatoms. The molecule has 0 saturated carbocycles. The Morgan fingerprint density at radius 3 is 2.62 bits per heavy atom. The van der Waals surface area contributed by atoms with Crippen molar-refractivity contribution in [2.75, 3.05) is 0 Å². The molecule has 1 nitrogen and oxygen atoms in total. The maximum Gasteiger partial charge on any atom is 0.114 e. The van der Waals surface area contributed by atoms with Gasteiger partial charge in [-0.15, -0.1) is 0 Å². The molecular formula is C5H2Br2N. The standard InChI is InChI=1S/C5H2Br2N/c6-4-1-2-5(7)8-3-4/h1,3H. The average Bonchev–Trinajstić information content (AvgIpc) is 1.77. The highest BCUT2D eigenvalue weighted by Gasteiger charge is 1.85. The molecule has 1 heterocycles. The molecule has 8 heavy (non-hydrogen) atoms. The van der Waals surface area contributed by atoms with E-state index in [4.69, 9.17) is 0 Å². The summed E-state index contributed by atoms with van der Waals surface area (Å²) in [5.41, 5.74) is 0. The summed E-state index contributed by atoms with van der Waals surface area (Å²) in [4.78, 5) is 3.89. The highest BCUT2D eigenvalue weighted by Crippen LogP contribution is 2.09. The smallest absolute Gasteiger partial charge is 0.114 e. The van der Waals surface area contributed by atoms with E-state index in [0.29, 0.717) is 0 Å². The Hall–Kier alpha value is 0.110. The quantitative estimate of drug-likeness (QED) is 0.630. The predicted molar refractivity (Wildman–Crippen MR) is 38.5 cm³/mol. The third-order valence-corrected chi connectivity index (χ3v) is 1.50. The number of aromatic nitrogens is 1. The molecule has 0 fully saturated rings. The first-order chi connectivity index (χ1) is 3.79. The van der Waals surface area contributed by atoms with Gasteiger partial charge >= 0.3 is 0 Å². The van der Waals surface area contributed by atoms with Gasteiger partial charge in [-0.05, 0) is 37.9 Å². The molecule has 1 aromatic heterocycles. The Kier molecular flexibility index (Phi) is 2.02. The normalized spacial score (nSPS) is 9.25. The average molecular weight is 236 g/mol. The van der Waals surface area contributed by atoms with Crippen LogP contribution in [0.25, 0.3) is 0 Å². The van der Waals surface area contributed by atoms with Gasteiger partial charge in [0.2, 0.25) is 0 Å². The van der Waals surface area contributed by atoms with E-state index in [1.807, 2.05) is 0 Å². The monoisotopic (exact) mass is 234 g/mol. The number of rotatable bonds is 0. The lowest BCUT2D eigenvalue weighted by Gasteiger charge is -1.85. The molecular weight excluding hydrogens is 234 g/mol. The van der Waals surface area contributed by atoms with E-state index in [1.54, 1.807) is 12.3 Å². The predicted octanol–water partition coefficient (Wildman–Crippen LogP) is 2.41. The SMILES string of the molecule is Brc1c[c]c(Br)nc1. The molecule has 0 aromatic carbocycles. The van der Waals surface area contributed by atoms with Crippen molar-refractivity contribution >= 4 is 31.9 Å². The molecule has 0 bridgehead atoms. The largest absolute Gasteiger partial charge is 0.248 e. The Labute approximate surface area is 64.4 Å². The van der Waals surface area contributed by atoms with Crippen molar-refractivity contribution in [3.8, 4) is 0 Å². The first-order valence-corrected chi connectivity index (χ1v) is 3.56. The topological polar surface area (TPSA) is 12.9 Å². The number of nitrogens with zero attached hydrogens (tertiary/aromatic N) is 1. The van der Waals surface area contributed by atoms with E-state index in [2.05, 4.69) is 42.9 Å². The fraction of sp³-hybridized carbons (Fsp3) is 0. The van der Waals surface area contributed by atoms with Crippen molar-refractivity contribution in [1.82, 2.24) is 4.98 Å². The van der Waals surface area contributed by atoms with E-state index in [-0.39, 0.29) is 0 Å². The van der Waals surface area contributed by atoms with E-state index in [9.17, 15) is 0 Å². The molecule has 41 valence electrons. The number of hydrogen-bond donors (Lipinski definition) is 0. The summed E-state index contributed by atoms with van der Waals surface area (Å²) < 4.78 is 1.68. The molecule has 0 amide bonds. The van der Waals surface area contributed by atoms with Gasteiger partial charge in [0, 0.05) is 16.7 Å². The molecule has 0 N–H and O–H groups in total. The van der Waals surface area contributed by atoms with Crippen molar-refractivity contribution < 1.29 is 0 Å². The van der Waals surface area contributed by atoms with Gasteiger partial charge in [0.1, 0.15) is 4.60 Å². The summed E-state index contributed by atoms with van der Waals surface area (Å²) in [6.45, 7) is 0. The zero-order valence-electron chi connectivity index (χ0n) is 3.86. The van der Waals surface area contributed by atoms with Gasteiger partial charge in [-0.25, -0.2) is 4.98 Å². The Morgan fingerprint density at radius 1 is 1.50 bits per heavy atom. The van der Waals surface area contributed by atoms with Gasteiger partial charge in [0.25, 0.3) is 0 Å². The second-order valence-electron chi connectivity index (χ2n) is 1.22. The summed E-state index contributed by atoms with van der Waals surface area (Å²) in [6, 6.07) is 4.66. The van der Waals surface area contributed by atoms with Crippen LogP contribution in [0.3, 0.4) is 0 Å². The molecule has 1 radical (unpaired) electrons. The first-order valence-electron chi connectivity index (χ1n) is 1.98. The number of pyridine rings is 1. The molecule has 0 aliphatic rings. The van der Waals surface area contributed by atoms with Crippen LogP contribution in [0.2, 0.25) is 0 Å². The summed E-state index contributed by atoms with van der Waals surface area (Å²) >= 11 is 6.39. The molecule has 0 atom stereocenters. The molecule has 0 unspecified atom stereocenters. The van der Waals surface area contributed by atoms with Crippen molar-refractivity contribution in [2.45, 2.75) is 0 Å². The lowest BCUT2D eigenvalue weighted by molar-refractivity contribution is 1.25. The highest BCUT2D eigenvalue weighted by molar-refractivity contribution is 9.11. The van der Waals surface area contributed by atoms with E-state index in [1.165, 1.54) is 0 Å². The lowest BCUT2D eigenvalue weighted by atomic mass is 10.5.